The summed E-state index contributed by atoms with van der Waals surface area (Å²) in [4.78, 5) is 34.6. The second kappa shape index (κ2) is 6.62. The van der Waals surface area contributed by atoms with Crippen molar-refractivity contribution in [3.05, 3.63) is 65.4 Å². The van der Waals surface area contributed by atoms with Gasteiger partial charge in [0.1, 0.15) is 0 Å². The zero-order valence-electron chi connectivity index (χ0n) is 17.5. The molecule has 2 aliphatic heterocycles. The predicted molar refractivity (Wildman–Crippen MR) is 118 cm³/mol. The Balaban J connectivity index is 1.86. The first-order valence-electron chi connectivity index (χ1n) is 10.6. The van der Waals surface area contributed by atoms with Crippen LogP contribution in [0.5, 0.6) is 0 Å². The summed E-state index contributed by atoms with van der Waals surface area (Å²) in [7, 11) is 0. The molecule has 3 aromatic rings. The van der Waals surface area contributed by atoms with Crippen LogP contribution < -0.4 is 10.2 Å². The van der Waals surface area contributed by atoms with Crippen molar-refractivity contribution in [2.75, 3.05) is 18.0 Å². The number of carbonyl (C=O) groups is 2. The number of nitrogens with one attached hydrogen (secondary N) is 2. The summed E-state index contributed by atoms with van der Waals surface area (Å²) >= 11 is 0. The summed E-state index contributed by atoms with van der Waals surface area (Å²) in [6.45, 7) is 6.91. The predicted octanol–water partition coefficient (Wildman–Crippen LogP) is 3.75. The average Bonchev–Trinajstić information content (AvgIpc) is 3.23. The molecule has 30 heavy (non-hydrogen) atoms. The number of nitrogens with zero attached hydrogens (tertiary/aromatic N) is 2. The maximum absolute atomic E-state index is 14.2. The Morgan fingerprint density at radius 2 is 1.90 bits per heavy atom. The van der Waals surface area contributed by atoms with E-state index < -0.39 is 5.54 Å². The van der Waals surface area contributed by atoms with Crippen molar-refractivity contribution >= 4 is 28.5 Å². The van der Waals surface area contributed by atoms with Gasteiger partial charge in [0.25, 0.3) is 5.91 Å². The fourth-order valence-corrected chi connectivity index (χ4v) is 5.20. The van der Waals surface area contributed by atoms with Gasteiger partial charge in [-0.2, -0.15) is 0 Å². The van der Waals surface area contributed by atoms with Gasteiger partial charge in [0.2, 0.25) is 0 Å². The number of aromatic amines is 1. The van der Waals surface area contributed by atoms with E-state index in [0.29, 0.717) is 19.5 Å². The van der Waals surface area contributed by atoms with Gasteiger partial charge in [0.05, 0.1) is 11.4 Å². The Morgan fingerprint density at radius 1 is 1.17 bits per heavy atom. The molecule has 1 aromatic heterocycles. The molecule has 6 nitrogen and oxygen atoms in total. The SMILES string of the molecule is CCNC(=O)N1CCc2c([nH]c3ccccc23)[C@]12C(=O)N(C(C)C)c1ccccc12. The van der Waals surface area contributed by atoms with Gasteiger partial charge in [-0.05, 0) is 44.9 Å². The first-order valence-corrected chi connectivity index (χ1v) is 10.6. The van der Waals surface area contributed by atoms with Crippen molar-refractivity contribution in [2.45, 2.75) is 38.8 Å². The van der Waals surface area contributed by atoms with Gasteiger partial charge in [-0.15, -0.1) is 0 Å². The maximum Gasteiger partial charge on any atom is 0.318 e. The van der Waals surface area contributed by atoms with E-state index in [1.807, 2.05) is 68.1 Å². The molecule has 6 heteroatoms. The van der Waals surface area contributed by atoms with Crippen LogP contribution in [0.25, 0.3) is 10.9 Å². The molecule has 2 aliphatic rings. The smallest absolute Gasteiger partial charge is 0.318 e. The number of anilines is 1. The normalized spacial score (nSPS) is 20.2. The Hall–Kier alpha value is -3.28. The standard InChI is InChI=1S/C24H26N4O2/c1-4-25-23(30)27-14-13-17-16-9-5-7-11-19(16)26-21(17)24(27)18-10-6-8-12-20(18)28(15(2)3)22(24)29/h5-12,15,26H,4,13-14H2,1-3H3,(H,25,30)/t24-/m1/s1. The highest BCUT2D eigenvalue weighted by Crippen LogP contribution is 2.52. The van der Waals surface area contributed by atoms with E-state index in [2.05, 4.69) is 16.4 Å². The molecule has 0 bridgehead atoms. The third-order valence-electron chi connectivity index (χ3n) is 6.34. The van der Waals surface area contributed by atoms with Crippen molar-refractivity contribution in [1.29, 1.82) is 0 Å². The van der Waals surface area contributed by atoms with Crippen LogP contribution in [0.4, 0.5) is 10.5 Å². The summed E-state index contributed by atoms with van der Waals surface area (Å²) in [5.41, 5.74) is 3.49. The molecule has 154 valence electrons. The molecule has 0 aliphatic carbocycles. The lowest BCUT2D eigenvalue weighted by atomic mass is 9.80. The highest BCUT2D eigenvalue weighted by atomic mass is 16.2. The van der Waals surface area contributed by atoms with Gasteiger partial charge in [0.15, 0.2) is 5.54 Å². The quantitative estimate of drug-likeness (QED) is 0.685. The molecule has 0 radical (unpaired) electrons. The van der Waals surface area contributed by atoms with Crippen molar-refractivity contribution in [2.24, 2.45) is 0 Å². The number of amides is 3. The number of H-pyrrole nitrogens is 1. The topological polar surface area (TPSA) is 68.4 Å². The van der Waals surface area contributed by atoms with E-state index in [1.54, 1.807) is 4.90 Å². The minimum Gasteiger partial charge on any atom is -0.355 e. The molecule has 2 aromatic carbocycles. The minimum absolute atomic E-state index is 0.0242. The van der Waals surface area contributed by atoms with Gasteiger partial charge in [-0.1, -0.05) is 36.4 Å². The number of hydrogen-bond acceptors (Lipinski definition) is 2. The lowest BCUT2D eigenvalue weighted by Gasteiger charge is -2.43. The summed E-state index contributed by atoms with van der Waals surface area (Å²) < 4.78 is 0. The highest BCUT2D eigenvalue weighted by molar-refractivity contribution is 6.13. The largest absolute Gasteiger partial charge is 0.355 e. The second-order valence-corrected chi connectivity index (χ2v) is 8.26. The minimum atomic E-state index is -1.19. The number of urea groups is 1. The van der Waals surface area contributed by atoms with Crippen LogP contribution in [-0.2, 0) is 16.8 Å². The molecule has 3 amide bonds. The fraction of sp³-hybridized carbons (Fsp3) is 0.333. The Kier molecular flexibility index (Phi) is 4.13. The molecular formula is C24H26N4O2. The van der Waals surface area contributed by atoms with Gasteiger partial charge in [-0.25, -0.2) is 4.79 Å². The van der Waals surface area contributed by atoms with Crippen LogP contribution >= 0.6 is 0 Å². The third-order valence-corrected chi connectivity index (χ3v) is 6.34. The molecular weight excluding hydrogens is 376 g/mol. The van der Waals surface area contributed by atoms with Crippen LogP contribution in [0.1, 0.15) is 37.6 Å². The number of aromatic nitrogens is 1. The summed E-state index contributed by atoms with van der Waals surface area (Å²) in [6.07, 6.45) is 0.704. The van der Waals surface area contributed by atoms with E-state index in [0.717, 1.165) is 33.4 Å². The van der Waals surface area contributed by atoms with Crippen LogP contribution in [0, 0.1) is 0 Å². The van der Waals surface area contributed by atoms with E-state index in [4.69, 9.17) is 0 Å². The molecule has 0 saturated heterocycles. The van der Waals surface area contributed by atoms with Crippen molar-refractivity contribution in [3.8, 4) is 0 Å². The number of benzene rings is 2. The number of rotatable bonds is 2. The molecule has 0 unspecified atom stereocenters. The molecule has 0 saturated carbocycles. The molecule has 1 spiro atoms. The Bertz CT molecular complexity index is 1160. The van der Waals surface area contributed by atoms with Crippen LogP contribution in [0.15, 0.2) is 48.5 Å². The van der Waals surface area contributed by atoms with Gasteiger partial charge >= 0.3 is 6.03 Å². The van der Waals surface area contributed by atoms with Crippen molar-refractivity contribution in [3.63, 3.8) is 0 Å². The maximum atomic E-state index is 14.2. The molecule has 2 N–H and O–H groups in total. The monoisotopic (exact) mass is 402 g/mol. The van der Waals surface area contributed by atoms with Gasteiger partial charge < -0.3 is 20.1 Å². The summed E-state index contributed by atoms with van der Waals surface area (Å²) in [5.74, 6) is -0.0718. The third kappa shape index (κ3) is 2.24. The number of carbonyl (C=O) groups excluding carboxylic acids is 2. The fourth-order valence-electron chi connectivity index (χ4n) is 5.20. The summed E-state index contributed by atoms with van der Waals surface area (Å²) in [5, 5.41) is 4.05. The van der Waals surface area contributed by atoms with Crippen molar-refractivity contribution in [1.82, 2.24) is 15.2 Å². The highest BCUT2D eigenvalue weighted by Gasteiger charge is 2.61. The van der Waals surface area contributed by atoms with Gasteiger partial charge in [0, 0.05) is 35.6 Å². The molecule has 0 fully saturated rings. The Labute approximate surface area is 175 Å². The van der Waals surface area contributed by atoms with E-state index in [9.17, 15) is 9.59 Å². The zero-order valence-corrected chi connectivity index (χ0v) is 17.5. The Morgan fingerprint density at radius 3 is 2.67 bits per heavy atom. The zero-order chi connectivity index (χ0) is 21.0. The molecule has 5 rings (SSSR count). The summed E-state index contributed by atoms with van der Waals surface area (Å²) in [6, 6.07) is 15.8. The van der Waals surface area contributed by atoms with E-state index in [1.165, 1.54) is 0 Å². The first kappa shape index (κ1) is 18.7. The number of fused-ring (bicyclic) bond motifs is 6. The van der Waals surface area contributed by atoms with Crippen LogP contribution in [-0.4, -0.2) is 41.0 Å². The average molecular weight is 402 g/mol. The van der Waals surface area contributed by atoms with Crippen LogP contribution in [0.2, 0.25) is 0 Å². The van der Waals surface area contributed by atoms with E-state index in [-0.39, 0.29) is 18.0 Å². The lowest BCUT2D eigenvalue weighted by molar-refractivity contribution is -0.127. The van der Waals surface area contributed by atoms with Crippen molar-refractivity contribution < 1.29 is 9.59 Å². The molecule has 1 atom stereocenters. The second-order valence-electron chi connectivity index (χ2n) is 8.26. The van der Waals surface area contributed by atoms with Gasteiger partial charge in [-0.3, -0.25) is 4.79 Å². The number of hydrogen-bond donors (Lipinski definition) is 2. The van der Waals surface area contributed by atoms with E-state index >= 15 is 0 Å². The first-order chi connectivity index (χ1) is 14.5. The lowest BCUT2D eigenvalue weighted by Crippen LogP contribution is -2.61. The molecule has 3 heterocycles. The van der Waals surface area contributed by atoms with Crippen LogP contribution in [0.3, 0.4) is 0 Å². The number of para-hydroxylation sites is 2.